The van der Waals surface area contributed by atoms with Crippen LogP contribution in [0.25, 0.3) is 0 Å². The van der Waals surface area contributed by atoms with Gasteiger partial charge in [-0.3, -0.25) is 4.79 Å². The number of carbonyl (C=O) groups excluding carboxylic acids is 1. The van der Waals surface area contributed by atoms with E-state index in [1.807, 2.05) is 0 Å². The van der Waals surface area contributed by atoms with Crippen molar-refractivity contribution in [3.8, 4) is 0 Å². The predicted octanol–water partition coefficient (Wildman–Crippen LogP) is 1.81. The minimum Gasteiger partial charge on any atom is -0.340 e. The van der Waals surface area contributed by atoms with Gasteiger partial charge in [0.2, 0.25) is 0 Å². The topological polar surface area (TPSA) is 45.8 Å². The zero-order valence-corrected chi connectivity index (χ0v) is 7.72. The van der Waals surface area contributed by atoms with Gasteiger partial charge >= 0.3 is 0 Å². The molecule has 0 fully saturated rings. The van der Waals surface area contributed by atoms with Crippen LogP contribution in [0, 0.1) is 5.41 Å². The number of hydrogen-bond donors (Lipinski definition) is 1. The van der Waals surface area contributed by atoms with Crippen molar-refractivity contribution in [3.63, 3.8) is 0 Å². The van der Waals surface area contributed by atoms with Crippen molar-refractivity contribution in [2.24, 2.45) is 5.41 Å². The van der Waals surface area contributed by atoms with E-state index < -0.39 is 0 Å². The maximum atomic E-state index is 10.3. The lowest BCUT2D eigenvalue weighted by atomic mass is 9.92. The zero-order valence-electron chi connectivity index (χ0n) is 7.72. The first-order valence-electron chi connectivity index (χ1n) is 4.00. The molecular formula is C9H14N2O. The molecule has 1 aromatic rings. The zero-order chi connectivity index (χ0) is 9.19. The number of nitrogens with zero attached hydrogens (tertiary/aromatic N) is 1. The SMILES string of the molecule is CC(C)(C)Cc1ncc(C=O)[nH]1. The average molecular weight is 166 g/mol. The van der Waals surface area contributed by atoms with E-state index in [0.29, 0.717) is 5.69 Å². The fourth-order valence-corrected chi connectivity index (χ4v) is 1.03. The molecule has 66 valence electrons. The first-order valence-corrected chi connectivity index (χ1v) is 4.00. The fourth-order valence-electron chi connectivity index (χ4n) is 1.03. The van der Waals surface area contributed by atoms with Crippen LogP contribution >= 0.6 is 0 Å². The van der Waals surface area contributed by atoms with E-state index in [2.05, 4.69) is 30.7 Å². The quantitative estimate of drug-likeness (QED) is 0.681. The van der Waals surface area contributed by atoms with E-state index in [1.54, 1.807) is 6.20 Å². The highest BCUT2D eigenvalue weighted by atomic mass is 16.1. The Kier molecular flexibility index (Phi) is 2.31. The average Bonchev–Trinajstić information content (AvgIpc) is 2.32. The monoisotopic (exact) mass is 166 g/mol. The van der Waals surface area contributed by atoms with Crippen LogP contribution in [-0.2, 0) is 6.42 Å². The molecule has 0 aliphatic rings. The maximum absolute atomic E-state index is 10.3. The van der Waals surface area contributed by atoms with Crippen LogP contribution in [0.1, 0.15) is 37.1 Å². The molecule has 3 nitrogen and oxygen atoms in total. The molecule has 0 saturated heterocycles. The molecule has 0 aromatic carbocycles. The Morgan fingerprint density at radius 1 is 1.58 bits per heavy atom. The lowest BCUT2D eigenvalue weighted by molar-refractivity contribution is 0.111. The lowest BCUT2D eigenvalue weighted by Gasteiger charge is -2.15. The molecule has 0 atom stereocenters. The molecule has 1 heterocycles. The summed E-state index contributed by atoms with van der Waals surface area (Å²) in [6.45, 7) is 6.41. The number of H-pyrrole nitrogens is 1. The second kappa shape index (κ2) is 3.09. The Morgan fingerprint density at radius 3 is 2.67 bits per heavy atom. The number of imidazole rings is 1. The molecule has 0 amide bonds. The number of nitrogens with one attached hydrogen (secondary N) is 1. The van der Waals surface area contributed by atoms with Crippen LogP contribution in [0.3, 0.4) is 0 Å². The smallest absolute Gasteiger partial charge is 0.167 e. The second-order valence-corrected chi connectivity index (χ2v) is 4.14. The third kappa shape index (κ3) is 2.49. The number of aldehydes is 1. The molecule has 1 N–H and O–H groups in total. The predicted molar refractivity (Wildman–Crippen MR) is 47.1 cm³/mol. The Bertz CT molecular complexity index is 270. The number of hydrogen-bond acceptors (Lipinski definition) is 2. The molecule has 0 spiro atoms. The number of carbonyl (C=O) groups is 1. The van der Waals surface area contributed by atoms with Crippen LogP contribution in [0.5, 0.6) is 0 Å². The summed E-state index contributed by atoms with van der Waals surface area (Å²) in [5, 5.41) is 0. The minimum atomic E-state index is 0.206. The van der Waals surface area contributed by atoms with E-state index in [9.17, 15) is 4.79 Å². The number of aromatic amines is 1. The Labute approximate surface area is 72.2 Å². The molecule has 0 aliphatic carbocycles. The van der Waals surface area contributed by atoms with Crippen LogP contribution in [0.4, 0.5) is 0 Å². The third-order valence-electron chi connectivity index (χ3n) is 1.47. The molecule has 0 saturated carbocycles. The van der Waals surface area contributed by atoms with Crippen molar-refractivity contribution in [3.05, 3.63) is 17.7 Å². The maximum Gasteiger partial charge on any atom is 0.167 e. The van der Waals surface area contributed by atoms with Gasteiger partial charge in [0.25, 0.3) is 0 Å². The van der Waals surface area contributed by atoms with Gasteiger partial charge in [-0.1, -0.05) is 20.8 Å². The third-order valence-corrected chi connectivity index (χ3v) is 1.47. The molecule has 0 radical (unpaired) electrons. The van der Waals surface area contributed by atoms with Gasteiger partial charge < -0.3 is 4.98 Å². The normalized spacial score (nSPS) is 11.6. The first-order chi connectivity index (χ1) is 5.51. The molecule has 0 aliphatic heterocycles. The van der Waals surface area contributed by atoms with Crippen molar-refractivity contribution in [2.45, 2.75) is 27.2 Å². The summed E-state index contributed by atoms with van der Waals surface area (Å²) < 4.78 is 0. The highest BCUT2D eigenvalue weighted by Crippen LogP contribution is 2.18. The van der Waals surface area contributed by atoms with Crippen molar-refractivity contribution in [2.75, 3.05) is 0 Å². The fraction of sp³-hybridized carbons (Fsp3) is 0.556. The Hall–Kier alpha value is -1.12. The largest absolute Gasteiger partial charge is 0.340 e. The molecule has 3 heteroatoms. The van der Waals surface area contributed by atoms with E-state index in [1.165, 1.54) is 0 Å². The highest BCUT2D eigenvalue weighted by molar-refractivity contribution is 5.71. The van der Waals surface area contributed by atoms with Gasteiger partial charge in [-0.15, -0.1) is 0 Å². The van der Waals surface area contributed by atoms with Gasteiger partial charge in [0.15, 0.2) is 6.29 Å². The van der Waals surface area contributed by atoms with E-state index in [0.717, 1.165) is 18.5 Å². The molecular weight excluding hydrogens is 152 g/mol. The summed E-state index contributed by atoms with van der Waals surface area (Å²) in [7, 11) is 0. The van der Waals surface area contributed by atoms with Crippen molar-refractivity contribution >= 4 is 6.29 Å². The van der Waals surface area contributed by atoms with Gasteiger partial charge in [0.1, 0.15) is 5.82 Å². The lowest BCUT2D eigenvalue weighted by Crippen LogP contribution is -2.10. The van der Waals surface area contributed by atoms with E-state index in [4.69, 9.17) is 0 Å². The molecule has 1 aromatic heterocycles. The number of aromatic nitrogens is 2. The van der Waals surface area contributed by atoms with Crippen molar-refractivity contribution in [1.29, 1.82) is 0 Å². The van der Waals surface area contributed by atoms with Crippen LogP contribution in [0.15, 0.2) is 6.20 Å². The van der Waals surface area contributed by atoms with Gasteiger partial charge in [-0.25, -0.2) is 4.98 Å². The molecule has 1 rings (SSSR count). The minimum absolute atomic E-state index is 0.206. The summed E-state index contributed by atoms with van der Waals surface area (Å²) in [4.78, 5) is 17.3. The first kappa shape index (κ1) is 8.97. The van der Waals surface area contributed by atoms with Crippen LogP contribution in [-0.4, -0.2) is 16.3 Å². The number of rotatable bonds is 2. The molecule has 0 bridgehead atoms. The summed E-state index contributed by atoms with van der Waals surface area (Å²) in [6.07, 6.45) is 3.20. The van der Waals surface area contributed by atoms with Gasteiger partial charge in [0.05, 0.1) is 11.9 Å². The summed E-state index contributed by atoms with van der Waals surface area (Å²) in [5.74, 6) is 0.879. The Morgan fingerprint density at radius 2 is 2.25 bits per heavy atom. The van der Waals surface area contributed by atoms with E-state index in [-0.39, 0.29) is 5.41 Å². The van der Waals surface area contributed by atoms with Gasteiger partial charge in [0, 0.05) is 6.42 Å². The van der Waals surface area contributed by atoms with Gasteiger partial charge in [-0.05, 0) is 5.41 Å². The van der Waals surface area contributed by atoms with E-state index >= 15 is 0 Å². The van der Waals surface area contributed by atoms with Crippen LogP contribution < -0.4 is 0 Å². The highest BCUT2D eigenvalue weighted by Gasteiger charge is 2.13. The van der Waals surface area contributed by atoms with Crippen molar-refractivity contribution in [1.82, 2.24) is 9.97 Å². The summed E-state index contributed by atoms with van der Waals surface area (Å²) in [6, 6.07) is 0. The van der Waals surface area contributed by atoms with Crippen LogP contribution in [0.2, 0.25) is 0 Å². The summed E-state index contributed by atoms with van der Waals surface area (Å²) >= 11 is 0. The summed E-state index contributed by atoms with van der Waals surface area (Å²) in [5.41, 5.74) is 0.757. The van der Waals surface area contributed by atoms with Gasteiger partial charge in [-0.2, -0.15) is 0 Å². The van der Waals surface area contributed by atoms with Crippen molar-refractivity contribution < 1.29 is 4.79 Å². The second-order valence-electron chi connectivity index (χ2n) is 4.14. The Balaban J connectivity index is 2.70. The standard InChI is InChI=1S/C9H14N2O/c1-9(2,3)4-8-10-5-7(6-12)11-8/h5-6H,4H2,1-3H3,(H,10,11). The molecule has 12 heavy (non-hydrogen) atoms. The molecule has 0 unspecified atom stereocenters.